The fourth-order valence-electron chi connectivity index (χ4n) is 2.62. The van der Waals surface area contributed by atoms with Crippen LogP contribution in [0.15, 0.2) is 11.4 Å². The molecule has 3 rings (SSSR count). The van der Waals surface area contributed by atoms with Crippen LogP contribution in [0.1, 0.15) is 10.4 Å². The fourth-order valence-corrected chi connectivity index (χ4v) is 4.57. The van der Waals surface area contributed by atoms with Crippen molar-refractivity contribution in [2.75, 3.05) is 45.1 Å². The van der Waals surface area contributed by atoms with Crippen molar-refractivity contribution in [2.45, 2.75) is 18.9 Å². The van der Waals surface area contributed by atoms with Crippen molar-refractivity contribution in [3.8, 4) is 0 Å². The van der Waals surface area contributed by atoms with Crippen LogP contribution in [0, 0.1) is 13.8 Å². The van der Waals surface area contributed by atoms with Gasteiger partial charge < -0.3 is 10.1 Å². The predicted molar refractivity (Wildman–Crippen MR) is 97.9 cm³/mol. The summed E-state index contributed by atoms with van der Waals surface area (Å²) < 4.78 is 5.32. The highest BCUT2D eigenvalue weighted by Gasteiger charge is 2.14. The maximum Gasteiger partial charge on any atom is 0.230 e. The minimum absolute atomic E-state index is 0.0460. The number of aromatic nitrogens is 2. The van der Waals surface area contributed by atoms with Crippen molar-refractivity contribution in [2.24, 2.45) is 0 Å². The second-order valence-electron chi connectivity index (χ2n) is 5.73. The number of carbonyl (C=O) groups is 1. The third-order valence-corrected chi connectivity index (χ3v) is 6.23. The zero-order valence-corrected chi connectivity index (χ0v) is 15.6. The molecule has 1 saturated heterocycles. The molecule has 1 aliphatic heterocycles. The van der Waals surface area contributed by atoms with Gasteiger partial charge in [0.05, 0.1) is 19.0 Å². The van der Waals surface area contributed by atoms with Crippen LogP contribution < -0.4 is 5.32 Å². The molecule has 8 heteroatoms. The zero-order chi connectivity index (χ0) is 16.9. The minimum atomic E-state index is 0.0460. The summed E-state index contributed by atoms with van der Waals surface area (Å²) in [6.07, 6.45) is 1.58. The monoisotopic (exact) mass is 366 g/mol. The molecule has 1 aliphatic rings. The van der Waals surface area contributed by atoms with E-state index in [0.29, 0.717) is 12.3 Å². The van der Waals surface area contributed by atoms with Crippen LogP contribution in [-0.4, -0.2) is 65.9 Å². The van der Waals surface area contributed by atoms with Crippen LogP contribution in [0.5, 0.6) is 0 Å². The van der Waals surface area contributed by atoms with E-state index in [1.807, 2.05) is 0 Å². The molecule has 2 aromatic heterocycles. The topological polar surface area (TPSA) is 67.4 Å². The number of thiophene rings is 1. The largest absolute Gasteiger partial charge is 0.379 e. The number of hydrogen-bond donors (Lipinski definition) is 1. The van der Waals surface area contributed by atoms with Gasteiger partial charge in [0.2, 0.25) is 5.91 Å². The number of hydrogen-bond acceptors (Lipinski definition) is 7. The number of rotatable bonds is 6. The molecule has 0 unspecified atom stereocenters. The van der Waals surface area contributed by atoms with E-state index in [9.17, 15) is 4.79 Å². The van der Waals surface area contributed by atoms with Gasteiger partial charge in [-0.25, -0.2) is 9.97 Å². The number of morpholine rings is 1. The lowest BCUT2D eigenvalue weighted by Crippen LogP contribution is -2.41. The number of fused-ring (bicyclic) bond motifs is 1. The molecule has 0 aromatic carbocycles. The quantitative estimate of drug-likeness (QED) is 0.622. The fraction of sp³-hybridized carbons (Fsp3) is 0.562. The van der Waals surface area contributed by atoms with Gasteiger partial charge in [-0.2, -0.15) is 0 Å². The highest BCUT2D eigenvalue weighted by Crippen LogP contribution is 2.34. The molecule has 130 valence electrons. The van der Waals surface area contributed by atoms with Crippen LogP contribution in [0.4, 0.5) is 0 Å². The van der Waals surface area contributed by atoms with Gasteiger partial charge in [-0.3, -0.25) is 9.69 Å². The Morgan fingerprint density at radius 1 is 1.38 bits per heavy atom. The Morgan fingerprint density at radius 3 is 2.96 bits per heavy atom. The second-order valence-corrected chi connectivity index (χ2v) is 7.90. The van der Waals surface area contributed by atoms with E-state index in [0.717, 1.165) is 48.1 Å². The molecule has 0 bridgehead atoms. The van der Waals surface area contributed by atoms with Crippen LogP contribution in [-0.2, 0) is 9.53 Å². The molecule has 0 radical (unpaired) electrons. The molecule has 6 nitrogen and oxygen atoms in total. The van der Waals surface area contributed by atoms with Crippen molar-refractivity contribution in [3.05, 3.63) is 16.8 Å². The number of nitrogens with one attached hydrogen (secondary N) is 1. The van der Waals surface area contributed by atoms with Crippen LogP contribution >= 0.6 is 23.1 Å². The van der Waals surface area contributed by atoms with Crippen LogP contribution in [0.25, 0.3) is 10.2 Å². The molecule has 2 aromatic rings. The van der Waals surface area contributed by atoms with Crippen molar-refractivity contribution in [3.63, 3.8) is 0 Å². The highest BCUT2D eigenvalue weighted by molar-refractivity contribution is 8.00. The summed E-state index contributed by atoms with van der Waals surface area (Å²) in [4.78, 5) is 25.3. The van der Waals surface area contributed by atoms with Gasteiger partial charge in [0.15, 0.2) is 0 Å². The lowest BCUT2D eigenvalue weighted by atomic mass is 10.2. The van der Waals surface area contributed by atoms with E-state index in [1.54, 1.807) is 17.7 Å². The Labute approximate surface area is 150 Å². The zero-order valence-electron chi connectivity index (χ0n) is 14.0. The standard InChI is InChI=1S/C16H22N4O2S2/c1-11-12(2)24-16-14(11)15(18-10-19-16)23-9-13(21)17-3-4-20-5-7-22-8-6-20/h10H,3-9H2,1-2H3,(H,17,21). The summed E-state index contributed by atoms with van der Waals surface area (Å²) in [5.74, 6) is 0.424. The van der Waals surface area contributed by atoms with Gasteiger partial charge in [0.25, 0.3) is 0 Å². The molecule has 1 amide bonds. The lowest BCUT2D eigenvalue weighted by Gasteiger charge is -2.26. The molecule has 3 heterocycles. The van der Waals surface area contributed by atoms with E-state index in [-0.39, 0.29) is 5.91 Å². The van der Waals surface area contributed by atoms with E-state index in [2.05, 4.69) is 34.0 Å². The van der Waals surface area contributed by atoms with Crippen LogP contribution in [0.2, 0.25) is 0 Å². The van der Waals surface area contributed by atoms with E-state index >= 15 is 0 Å². The lowest BCUT2D eigenvalue weighted by molar-refractivity contribution is -0.118. The van der Waals surface area contributed by atoms with Gasteiger partial charge in [-0.15, -0.1) is 11.3 Å². The Bertz CT molecular complexity index is 713. The number of carbonyl (C=O) groups excluding carboxylic acids is 1. The number of ether oxygens (including phenoxy) is 1. The van der Waals surface area contributed by atoms with Gasteiger partial charge in [-0.1, -0.05) is 11.8 Å². The number of nitrogens with zero attached hydrogens (tertiary/aromatic N) is 3. The number of thioether (sulfide) groups is 1. The maximum atomic E-state index is 12.1. The van der Waals surface area contributed by atoms with Gasteiger partial charge >= 0.3 is 0 Å². The molecular formula is C16H22N4O2S2. The normalized spacial score (nSPS) is 15.8. The minimum Gasteiger partial charge on any atom is -0.379 e. The average Bonchev–Trinajstić information content (AvgIpc) is 2.89. The average molecular weight is 367 g/mol. The molecule has 0 saturated carbocycles. The smallest absolute Gasteiger partial charge is 0.230 e. The summed E-state index contributed by atoms with van der Waals surface area (Å²) in [7, 11) is 0. The summed E-state index contributed by atoms with van der Waals surface area (Å²) in [5, 5.41) is 4.97. The van der Waals surface area contributed by atoms with Crippen LogP contribution in [0.3, 0.4) is 0 Å². The predicted octanol–water partition coefficient (Wildman–Crippen LogP) is 1.85. The molecule has 0 spiro atoms. The van der Waals surface area contributed by atoms with Crippen molar-refractivity contribution < 1.29 is 9.53 Å². The van der Waals surface area contributed by atoms with Gasteiger partial charge in [0, 0.05) is 36.4 Å². The summed E-state index contributed by atoms with van der Waals surface area (Å²) >= 11 is 3.16. The third kappa shape index (κ3) is 4.24. The molecule has 0 aliphatic carbocycles. The van der Waals surface area contributed by atoms with Crippen molar-refractivity contribution in [1.82, 2.24) is 20.2 Å². The maximum absolute atomic E-state index is 12.1. The van der Waals surface area contributed by atoms with Gasteiger partial charge in [-0.05, 0) is 19.4 Å². The first-order valence-corrected chi connectivity index (χ1v) is 9.85. The van der Waals surface area contributed by atoms with E-state index < -0.39 is 0 Å². The van der Waals surface area contributed by atoms with E-state index in [1.165, 1.54) is 22.2 Å². The first-order valence-electron chi connectivity index (χ1n) is 8.05. The summed E-state index contributed by atoms with van der Waals surface area (Å²) in [6, 6.07) is 0. The number of aryl methyl sites for hydroxylation is 2. The molecule has 0 atom stereocenters. The van der Waals surface area contributed by atoms with Crippen molar-refractivity contribution in [1.29, 1.82) is 0 Å². The number of amides is 1. The van der Waals surface area contributed by atoms with Gasteiger partial charge in [0.1, 0.15) is 16.2 Å². The SMILES string of the molecule is Cc1sc2ncnc(SCC(=O)NCCN3CCOCC3)c2c1C. The van der Waals surface area contributed by atoms with Crippen molar-refractivity contribution >= 4 is 39.2 Å². The first kappa shape index (κ1) is 17.6. The second kappa shape index (κ2) is 8.24. The molecule has 1 N–H and O–H groups in total. The summed E-state index contributed by atoms with van der Waals surface area (Å²) in [6.45, 7) is 9.19. The Morgan fingerprint density at radius 2 is 2.17 bits per heavy atom. The molecule has 24 heavy (non-hydrogen) atoms. The molecule has 1 fully saturated rings. The molecular weight excluding hydrogens is 344 g/mol. The third-order valence-electron chi connectivity index (χ3n) is 4.12. The van der Waals surface area contributed by atoms with E-state index in [4.69, 9.17) is 4.74 Å². The Hall–Kier alpha value is -1.22. The first-order chi connectivity index (χ1) is 11.6. The highest BCUT2D eigenvalue weighted by atomic mass is 32.2. The summed E-state index contributed by atoms with van der Waals surface area (Å²) in [5.41, 5.74) is 1.21. The Kier molecular flexibility index (Phi) is 6.04. The Balaban J connectivity index is 1.49.